The Balaban J connectivity index is 1.76. The molecule has 9 nitrogen and oxygen atoms in total. The molecule has 1 aliphatic rings. The highest BCUT2D eigenvalue weighted by Gasteiger charge is 2.29. The van der Waals surface area contributed by atoms with Crippen molar-refractivity contribution in [3.05, 3.63) is 54.1 Å². The van der Waals surface area contributed by atoms with E-state index in [-0.39, 0.29) is 22.7 Å². The molecule has 1 heterocycles. The Morgan fingerprint density at radius 1 is 1.03 bits per heavy atom. The molecular formula is C22H28N2O7S2. The van der Waals surface area contributed by atoms with Crippen LogP contribution < -0.4 is 4.18 Å². The molecule has 11 heteroatoms. The lowest BCUT2D eigenvalue weighted by Gasteiger charge is -2.24. The van der Waals surface area contributed by atoms with Gasteiger partial charge in [-0.05, 0) is 42.7 Å². The summed E-state index contributed by atoms with van der Waals surface area (Å²) in [5.41, 5.74) is 0.795. The predicted molar refractivity (Wildman–Crippen MR) is 122 cm³/mol. The minimum Gasteiger partial charge on any atom is -0.379 e. The van der Waals surface area contributed by atoms with Gasteiger partial charge in [0.25, 0.3) is 0 Å². The zero-order valence-corrected chi connectivity index (χ0v) is 20.4. The maximum absolute atomic E-state index is 12.9. The summed E-state index contributed by atoms with van der Waals surface area (Å²) in [5.74, 6) is -0.0450. The maximum atomic E-state index is 12.9. The standard InChI is InChI=1S/C22H28N2O7S2/c1-17(25)24(16-20-7-6-14-30-20)15-18-10-12-19(13-11-18)31-33(28,29)22-9-5-4-8-21(22)32(26,27)23(2)3/h4-5,8-13,20H,6-7,14-16H2,1-3H3/t20-/m0/s1. The Hall–Kier alpha value is -2.47. The summed E-state index contributed by atoms with van der Waals surface area (Å²) in [6.45, 7) is 3.05. The predicted octanol–water partition coefficient (Wildman–Crippen LogP) is 2.23. The molecule has 1 aliphatic heterocycles. The van der Waals surface area contributed by atoms with E-state index in [1.807, 2.05) is 0 Å². The third kappa shape index (κ3) is 6.11. The number of amides is 1. The molecule has 1 amide bonds. The minimum atomic E-state index is -4.41. The summed E-state index contributed by atoms with van der Waals surface area (Å²) < 4.78 is 62.6. The number of nitrogens with zero attached hydrogens (tertiary/aromatic N) is 2. The Morgan fingerprint density at radius 3 is 2.21 bits per heavy atom. The molecule has 0 aromatic heterocycles. The summed E-state index contributed by atoms with van der Waals surface area (Å²) in [7, 11) is -5.77. The first-order valence-electron chi connectivity index (χ1n) is 10.4. The Labute approximate surface area is 195 Å². The summed E-state index contributed by atoms with van der Waals surface area (Å²) >= 11 is 0. The molecule has 0 spiro atoms. The Bertz CT molecular complexity index is 1190. The van der Waals surface area contributed by atoms with Crippen LogP contribution >= 0.6 is 0 Å². The van der Waals surface area contributed by atoms with Crippen LogP contribution in [-0.4, -0.2) is 65.3 Å². The van der Waals surface area contributed by atoms with Gasteiger partial charge in [-0.1, -0.05) is 24.3 Å². The molecule has 0 saturated carbocycles. The van der Waals surface area contributed by atoms with E-state index in [0.29, 0.717) is 19.7 Å². The number of hydrogen-bond acceptors (Lipinski definition) is 7. The molecule has 0 unspecified atom stereocenters. The van der Waals surface area contributed by atoms with Gasteiger partial charge in [0.1, 0.15) is 15.5 Å². The lowest BCUT2D eigenvalue weighted by molar-refractivity contribution is -0.131. The van der Waals surface area contributed by atoms with Gasteiger partial charge in [-0.15, -0.1) is 0 Å². The van der Waals surface area contributed by atoms with E-state index in [1.54, 1.807) is 17.0 Å². The van der Waals surface area contributed by atoms with E-state index < -0.39 is 25.0 Å². The van der Waals surface area contributed by atoms with Gasteiger partial charge >= 0.3 is 10.1 Å². The van der Waals surface area contributed by atoms with E-state index in [2.05, 4.69) is 0 Å². The van der Waals surface area contributed by atoms with Crippen LogP contribution in [0.15, 0.2) is 58.3 Å². The number of rotatable bonds is 9. The third-order valence-corrected chi connectivity index (χ3v) is 8.58. The normalized spacial score (nSPS) is 16.7. The Morgan fingerprint density at radius 2 is 1.67 bits per heavy atom. The van der Waals surface area contributed by atoms with Crippen molar-refractivity contribution < 1.29 is 30.6 Å². The first kappa shape index (κ1) is 25.2. The van der Waals surface area contributed by atoms with Gasteiger partial charge in [-0.3, -0.25) is 4.79 Å². The van der Waals surface area contributed by atoms with E-state index in [9.17, 15) is 21.6 Å². The van der Waals surface area contributed by atoms with Crippen molar-refractivity contribution in [2.45, 2.75) is 42.2 Å². The number of benzene rings is 2. The molecule has 0 N–H and O–H groups in total. The molecule has 33 heavy (non-hydrogen) atoms. The van der Waals surface area contributed by atoms with Crippen molar-refractivity contribution in [1.29, 1.82) is 0 Å². The van der Waals surface area contributed by atoms with E-state index in [1.165, 1.54) is 57.4 Å². The lowest BCUT2D eigenvalue weighted by atomic mass is 10.1. The number of ether oxygens (including phenoxy) is 1. The molecule has 0 radical (unpaired) electrons. The first-order chi connectivity index (χ1) is 15.5. The molecule has 2 aromatic carbocycles. The van der Waals surface area contributed by atoms with E-state index in [0.717, 1.165) is 22.7 Å². The fourth-order valence-electron chi connectivity index (χ4n) is 3.45. The fourth-order valence-corrected chi connectivity index (χ4v) is 6.05. The second-order valence-electron chi connectivity index (χ2n) is 7.95. The van der Waals surface area contributed by atoms with Gasteiger partial charge in [-0.25, -0.2) is 12.7 Å². The Kier molecular flexibility index (Phi) is 7.78. The van der Waals surface area contributed by atoms with E-state index in [4.69, 9.17) is 8.92 Å². The average molecular weight is 497 g/mol. The van der Waals surface area contributed by atoms with Crippen LogP contribution in [0.1, 0.15) is 25.3 Å². The van der Waals surface area contributed by atoms with Crippen molar-refractivity contribution in [3.8, 4) is 5.75 Å². The summed E-state index contributed by atoms with van der Waals surface area (Å²) in [5, 5.41) is 0. The fraction of sp³-hybridized carbons (Fsp3) is 0.409. The molecule has 1 fully saturated rings. The van der Waals surface area contributed by atoms with Gasteiger partial charge in [0, 0.05) is 40.7 Å². The van der Waals surface area contributed by atoms with Crippen LogP contribution in [0.3, 0.4) is 0 Å². The quantitative estimate of drug-likeness (QED) is 0.490. The molecule has 1 saturated heterocycles. The van der Waals surface area contributed by atoms with Crippen LogP contribution in [0.4, 0.5) is 0 Å². The summed E-state index contributed by atoms with van der Waals surface area (Å²) in [4.78, 5) is 12.9. The highest BCUT2D eigenvalue weighted by molar-refractivity contribution is 7.91. The zero-order valence-electron chi connectivity index (χ0n) is 18.8. The highest BCUT2D eigenvalue weighted by Crippen LogP contribution is 2.26. The van der Waals surface area contributed by atoms with Gasteiger partial charge in [0.05, 0.1) is 6.10 Å². The molecule has 1 atom stereocenters. The van der Waals surface area contributed by atoms with Gasteiger partial charge in [0.2, 0.25) is 15.9 Å². The largest absolute Gasteiger partial charge is 0.379 e. The highest BCUT2D eigenvalue weighted by atomic mass is 32.2. The topological polar surface area (TPSA) is 110 Å². The number of carbonyl (C=O) groups is 1. The molecular weight excluding hydrogens is 468 g/mol. The van der Waals surface area contributed by atoms with Crippen molar-refractivity contribution in [1.82, 2.24) is 9.21 Å². The van der Waals surface area contributed by atoms with Gasteiger partial charge in [0.15, 0.2) is 0 Å². The molecule has 0 aliphatic carbocycles. The molecule has 0 bridgehead atoms. The average Bonchev–Trinajstić information content (AvgIpc) is 3.27. The monoisotopic (exact) mass is 496 g/mol. The van der Waals surface area contributed by atoms with Crippen molar-refractivity contribution in [2.75, 3.05) is 27.2 Å². The number of sulfonamides is 1. The van der Waals surface area contributed by atoms with E-state index >= 15 is 0 Å². The van der Waals surface area contributed by atoms with Crippen LogP contribution in [0.5, 0.6) is 5.75 Å². The number of carbonyl (C=O) groups excluding carboxylic acids is 1. The van der Waals surface area contributed by atoms with Crippen LogP contribution in [0.2, 0.25) is 0 Å². The van der Waals surface area contributed by atoms with Crippen molar-refractivity contribution in [2.24, 2.45) is 0 Å². The van der Waals surface area contributed by atoms with Crippen molar-refractivity contribution in [3.63, 3.8) is 0 Å². The van der Waals surface area contributed by atoms with Crippen molar-refractivity contribution >= 4 is 26.0 Å². The second kappa shape index (κ2) is 10.2. The maximum Gasteiger partial charge on any atom is 0.340 e. The van der Waals surface area contributed by atoms with Crippen LogP contribution in [0, 0.1) is 0 Å². The number of hydrogen-bond donors (Lipinski definition) is 0. The molecule has 2 aromatic rings. The molecule has 180 valence electrons. The third-order valence-electron chi connectivity index (χ3n) is 5.27. The summed E-state index contributed by atoms with van der Waals surface area (Å²) in [6, 6.07) is 11.6. The molecule has 3 rings (SSSR count). The first-order valence-corrected chi connectivity index (χ1v) is 13.3. The lowest BCUT2D eigenvalue weighted by Crippen LogP contribution is -2.35. The SMILES string of the molecule is CC(=O)N(Cc1ccc(OS(=O)(=O)c2ccccc2S(=O)(=O)N(C)C)cc1)C[C@@H]1CCCO1. The van der Waals surface area contributed by atoms with Crippen LogP contribution in [-0.2, 0) is 36.2 Å². The van der Waals surface area contributed by atoms with Crippen LogP contribution in [0.25, 0.3) is 0 Å². The van der Waals surface area contributed by atoms with Gasteiger partial charge < -0.3 is 13.8 Å². The second-order valence-corrected chi connectivity index (χ2v) is 11.6. The van der Waals surface area contributed by atoms with Gasteiger partial charge in [-0.2, -0.15) is 8.42 Å². The minimum absolute atomic E-state index is 0.0279. The smallest absolute Gasteiger partial charge is 0.340 e. The summed E-state index contributed by atoms with van der Waals surface area (Å²) in [6.07, 6.45) is 1.93. The zero-order chi connectivity index (χ0) is 24.2.